The summed E-state index contributed by atoms with van der Waals surface area (Å²) in [5.41, 5.74) is 0.0331. The van der Waals surface area contributed by atoms with Crippen molar-refractivity contribution in [2.75, 3.05) is 31.1 Å². The van der Waals surface area contributed by atoms with Gasteiger partial charge in [0.1, 0.15) is 0 Å². The second-order valence-electron chi connectivity index (χ2n) is 5.92. The van der Waals surface area contributed by atoms with Crippen LogP contribution in [0.4, 0.5) is 11.6 Å². The predicted octanol–water partition coefficient (Wildman–Crippen LogP) is 2.56. The fourth-order valence-electron chi connectivity index (χ4n) is 2.97. The summed E-state index contributed by atoms with van der Waals surface area (Å²) in [6.07, 6.45) is 3.41. The minimum Gasteiger partial charge on any atom is -0.337 e. The van der Waals surface area contributed by atoms with Gasteiger partial charge in [0, 0.05) is 60.8 Å². The van der Waals surface area contributed by atoms with Gasteiger partial charge in [0.25, 0.3) is 11.6 Å². The lowest BCUT2D eigenvalue weighted by molar-refractivity contribution is -0.384. The number of amides is 1. The first-order valence-corrected chi connectivity index (χ1v) is 8.93. The van der Waals surface area contributed by atoms with Crippen LogP contribution in [0.15, 0.2) is 42.7 Å². The largest absolute Gasteiger partial charge is 0.337 e. The standard InChI is InChI=1S/C17H15N5O3S/c23-16(15-11-12-10-13(22(24)25)2-3-14(12)26-15)20-6-8-21(9-7-20)17-18-4-1-5-19-17/h1-5,10-11H,6-9H2. The van der Waals surface area contributed by atoms with Crippen molar-refractivity contribution in [3.63, 3.8) is 0 Å². The SMILES string of the molecule is O=C(c1cc2cc([N+](=O)[O-])ccc2s1)N1CCN(c2ncccn2)CC1. The molecule has 0 unspecified atom stereocenters. The van der Waals surface area contributed by atoms with E-state index < -0.39 is 4.92 Å². The van der Waals surface area contributed by atoms with Gasteiger partial charge in [0.05, 0.1) is 9.80 Å². The zero-order valence-electron chi connectivity index (χ0n) is 13.7. The number of nitrogens with zero attached hydrogens (tertiary/aromatic N) is 5. The topological polar surface area (TPSA) is 92.5 Å². The van der Waals surface area contributed by atoms with Gasteiger partial charge in [-0.2, -0.15) is 0 Å². The van der Waals surface area contributed by atoms with E-state index in [4.69, 9.17) is 0 Å². The molecule has 0 N–H and O–H groups in total. The Balaban J connectivity index is 1.48. The van der Waals surface area contributed by atoms with Crippen LogP contribution < -0.4 is 4.90 Å². The van der Waals surface area contributed by atoms with Crippen molar-refractivity contribution in [3.05, 3.63) is 57.7 Å². The van der Waals surface area contributed by atoms with Crippen LogP contribution in [0.25, 0.3) is 10.1 Å². The highest BCUT2D eigenvalue weighted by atomic mass is 32.1. The van der Waals surface area contributed by atoms with E-state index in [1.165, 1.54) is 23.5 Å². The number of nitro groups is 1. The Kier molecular flexibility index (Phi) is 4.21. The maximum absolute atomic E-state index is 12.8. The van der Waals surface area contributed by atoms with Crippen molar-refractivity contribution in [1.82, 2.24) is 14.9 Å². The number of nitro benzene ring substituents is 1. The number of thiophene rings is 1. The minimum atomic E-state index is -0.427. The number of non-ortho nitro benzene ring substituents is 1. The molecule has 9 heteroatoms. The fourth-order valence-corrected chi connectivity index (χ4v) is 3.98. The summed E-state index contributed by atoms with van der Waals surface area (Å²) in [5, 5.41) is 11.6. The summed E-state index contributed by atoms with van der Waals surface area (Å²) < 4.78 is 0.871. The van der Waals surface area contributed by atoms with E-state index in [1.807, 2.05) is 0 Å². The Hall–Kier alpha value is -3.07. The molecule has 8 nitrogen and oxygen atoms in total. The molecule has 26 heavy (non-hydrogen) atoms. The molecule has 0 saturated carbocycles. The second-order valence-corrected chi connectivity index (χ2v) is 7.00. The van der Waals surface area contributed by atoms with Gasteiger partial charge in [-0.15, -0.1) is 11.3 Å². The van der Waals surface area contributed by atoms with Crippen molar-refractivity contribution >= 4 is 39.0 Å². The van der Waals surface area contributed by atoms with Crippen molar-refractivity contribution in [2.45, 2.75) is 0 Å². The number of hydrogen-bond donors (Lipinski definition) is 0. The Morgan fingerprint density at radius 3 is 2.54 bits per heavy atom. The molecule has 1 saturated heterocycles. The van der Waals surface area contributed by atoms with Crippen LogP contribution in [0.5, 0.6) is 0 Å². The zero-order chi connectivity index (χ0) is 18.1. The molecule has 0 aliphatic carbocycles. The number of hydrogen-bond acceptors (Lipinski definition) is 7. The molecule has 132 valence electrons. The van der Waals surface area contributed by atoms with E-state index in [2.05, 4.69) is 14.9 Å². The van der Waals surface area contributed by atoms with Crippen LogP contribution in [0.3, 0.4) is 0 Å². The van der Waals surface area contributed by atoms with Crippen LogP contribution in [-0.4, -0.2) is 51.9 Å². The predicted molar refractivity (Wildman–Crippen MR) is 98.6 cm³/mol. The molecule has 0 radical (unpaired) electrons. The number of anilines is 1. The number of carbonyl (C=O) groups excluding carboxylic acids is 1. The summed E-state index contributed by atoms with van der Waals surface area (Å²) in [5.74, 6) is 0.635. The third-order valence-electron chi connectivity index (χ3n) is 4.32. The van der Waals surface area contributed by atoms with Crippen LogP contribution in [0, 0.1) is 10.1 Å². The average molecular weight is 369 g/mol. The lowest BCUT2D eigenvalue weighted by Crippen LogP contribution is -2.49. The number of piperazine rings is 1. The molecular formula is C17H15N5O3S. The van der Waals surface area contributed by atoms with Crippen LogP contribution in [0.1, 0.15) is 9.67 Å². The summed E-state index contributed by atoms with van der Waals surface area (Å²) in [6.45, 7) is 2.52. The highest BCUT2D eigenvalue weighted by Gasteiger charge is 2.24. The Labute approximate surface area is 152 Å². The molecule has 0 atom stereocenters. The van der Waals surface area contributed by atoms with Gasteiger partial charge in [0.15, 0.2) is 0 Å². The molecule has 1 amide bonds. The summed E-state index contributed by atoms with van der Waals surface area (Å²) >= 11 is 1.36. The van der Waals surface area contributed by atoms with E-state index in [9.17, 15) is 14.9 Å². The molecule has 1 aliphatic heterocycles. The Morgan fingerprint density at radius 2 is 1.85 bits per heavy atom. The normalized spacial score (nSPS) is 14.6. The monoisotopic (exact) mass is 369 g/mol. The van der Waals surface area contributed by atoms with E-state index >= 15 is 0 Å². The third-order valence-corrected chi connectivity index (χ3v) is 5.43. The fraction of sp³-hybridized carbons (Fsp3) is 0.235. The van der Waals surface area contributed by atoms with Crippen LogP contribution >= 0.6 is 11.3 Å². The van der Waals surface area contributed by atoms with Crippen molar-refractivity contribution < 1.29 is 9.72 Å². The van der Waals surface area contributed by atoms with E-state index in [1.54, 1.807) is 35.5 Å². The first-order valence-electron chi connectivity index (χ1n) is 8.11. The number of carbonyl (C=O) groups is 1. The summed E-state index contributed by atoms with van der Waals surface area (Å²) in [6, 6.07) is 8.18. The van der Waals surface area contributed by atoms with Gasteiger partial charge in [-0.1, -0.05) is 0 Å². The molecule has 3 heterocycles. The number of fused-ring (bicyclic) bond motifs is 1. The highest BCUT2D eigenvalue weighted by molar-refractivity contribution is 7.20. The second kappa shape index (κ2) is 6.68. The molecule has 2 aromatic heterocycles. The van der Waals surface area contributed by atoms with Crippen molar-refractivity contribution in [2.24, 2.45) is 0 Å². The minimum absolute atomic E-state index is 0.0331. The van der Waals surface area contributed by atoms with Gasteiger partial charge in [-0.25, -0.2) is 9.97 Å². The molecule has 1 fully saturated rings. The van der Waals surface area contributed by atoms with Gasteiger partial charge < -0.3 is 9.80 Å². The lowest BCUT2D eigenvalue weighted by Gasteiger charge is -2.34. The molecule has 3 aromatic rings. The zero-order valence-corrected chi connectivity index (χ0v) is 14.6. The summed E-state index contributed by atoms with van der Waals surface area (Å²) in [4.78, 5) is 36.2. The quantitative estimate of drug-likeness (QED) is 0.520. The number of rotatable bonds is 3. The van der Waals surface area contributed by atoms with E-state index in [0.717, 1.165) is 10.1 Å². The number of benzene rings is 1. The average Bonchev–Trinajstić information content (AvgIpc) is 3.11. The maximum Gasteiger partial charge on any atom is 0.270 e. The molecule has 0 spiro atoms. The molecule has 1 aliphatic rings. The Morgan fingerprint density at radius 1 is 1.12 bits per heavy atom. The molecule has 0 bridgehead atoms. The number of aromatic nitrogens is 2. The van der Waals surface area contributed by atoms with Gasteiger partial charge in [0.2, 0.25) is 5.95 Å². The lowest BCUT2D eigenvalue weighted by atomic mass is 10.2. The first-order chi connectivity index (χ1) is 12.6. The van der Waals surface area contributed by atoms with Crippen molar-refractivity contribution in [3.8, 4) is 0 Å². The third kappa shape index (κ3) is 3.08. The van der Waals surface area contributed by atoms with Crippen LogP contribution in [-0.2, 0) is 0 Å². The molecule has 1 aromatic carbocycles. The smallest absolute Gasteiger partial charge is 0.270 e. The highest BCUT2D eigenvalue weighted by Crippen LogP contribution is 2.30. The molecule has 4 rings (SSSR count). The van der Waals surface area contributed by atoms with E-state index in [0.29, 0.717) is 37.0 Å². The summed E-state index contributed by atoms with van der Waals surface area (Å²) in [7, 11) is 0. The van der Waals surface area contributed by atoms with Crippen molar-refractivity contribution in [1.29, 1.82) is 0 Å². The Bertz CT molecular complexity index is 967. The first kappa shape index (κ1) is 16.4. The van der Waals surface area contributed by atoms with Gasteiger partial charge in [-0.05, 0) is 18.2 Å². The maximum atomic E-state index is 12.8. The van der Waals surface area contributed by atoms with Gasteiger partial charge >= 0.3 is 0 Å². The van der Waals surface area contributed by atoms with E-state index in [-0.39, 0.29) is 11.6 Å². The van der Waals surface area contributed by atoms with Crippen LogP contribution in [0.2, 0.25) is 0 Å². The van der Waals surface area contributed by atoms with Gasteiger partial charge in [-0.3, -0.25) is 14.9 Å². The molecular weight excluding hydrogens is 354 g/mol.